The highest BCUT2D eigenvalue weighted by Crippen LogP contribution is 2.70. The summed E-state index contributed by atoms with van der Waals surface area (Å²) in [6, 6.07) is 0. The molecule has 0 radical (unpaired) electrons. The van der Waals surface area contributed by atoms with E-state index >= 15 is 0 Å². The summed E-state index contributed by atoms with van der Waals surface area (Å²) in [5, 5.41) is 40.9. The summed E-state index contributed by atoms with van der Waals surface area (Å²) in [5.74, 6) is 0.0211. The summed E-state index contributed by atoms with van der Waals surface area (Å²) in [7, 11) is -17.1. The number of hydrogen-bond donors (Lipinski definition) is 7. The average molecular weight is 741 g/mol. The summed E-state index contributed by atoms with van der Waals surface area (Å²) in [6.07, 6.45) is -5.68. The van der Waals surface area contributed by atoms with Crippen LogP contribution in [0.25, 0.3) is 22.3 Å². The van der Waals surface area contributed by atoms with Gasteiger partial charge in [-0.3, -0.25) is 13.6 Å². The van der Waals surface area contributed by atoms with Gasteiger partial charge in [0.25, 0.3) is 0 Å². The number of nitrogens with two attached hydrogens (primary N) is 1. The van der Waals surface area contributed by atoms with Gasteiger partial charge in [0.15, 0.2) is 29.6 Å². The highest BCUT2D eigenvalue weighted by molar-refractivity contribution is 7.67. The Morgan fingerprint density at radius 2 is 1.69 bits per heavy atom. The van der Waals surface area contributed by atoms with Crippen LogP contribution < -0.4 is 10.4 Å². The third kappa shape index (κ3) is 7.26. The number of phosphoric acid groups is 3. The lowest BCUT2D eigenvalue weighted by Gasteiger charge is -2.25. The first-order valence-corrected chi connectivity index (χ1v) is 17.9. The van der Waals surface area contributed by atoms with Crippen LogP contribution in [0, 0.1) is 0 Å². The quantitative estimate of drug-likeness (QED) is 0.0738. The average Bonchev–Trinajstić information content (AvgIpc) is 3.77. The Morgan fingerprint density at radius 1 is 0.917 bits per heavy atom. The van der Waals surface area contributed by atoms with Crippen molar-refractivity contribution in [2.75, 3.05) is 18.9 Å². The van der Waals surface area contributed by atoms with Crippen molar-refractivity contribution >= 4 is 51.6 Å². The van der Waals surface area contributed by atoms with Crippen LogP contribution in [-0.4, -0.2) is 119 Å². The SMILES string of the molecule is Nc1ncnc2c1ncn2[C@@H]1O[C@H](COP(=O)(On2cnc3cncnc32)OP(=O)(OC2C[C@H](O)[C@@H](CO)O2)OP(=O)(O)O)[C@@H](O)[C@H]1O. The highest BCUT2D eigenvalue weighted by Gasteiger charge is 2.52. The Bertz CT molecular complexity index is 1930. The van der Waals surface area contributed by atoms with E-state index in [9.17, 15) is 43.9 Å². The van der Waals surface area contributed by atoms with Crippen molar-refractivity contribution in [2.45, 2.75) is 49.5 Å². The van der Waals surface area contributed by atoms with Crippen molar-refractivity contribution in [1.29, 1.82) is 0 Å². The number of aromatic nitrogens is 8. The van der Waals surface area contributed by atoms with Crippen molar-refractivity contribution in [2.24, 2.45) is 0 Å². The lowest BCUT2D eigenvalue weighted by molar-refractivity contribution is -0.102. The molecule has 3 unspecified atom stereocenters. The fraction of sp³-hybridized carbons (Fsp3) is 0.500. The third-order valence-corrected chi connectivity index (χ3v) is 11.4. The van der Waals surface area contributed by atoms with Crippen LogP contribution in [-0.2, 0) is 40.8 Å². The zero-order chi connectivity index (χ0) is 34.4. The van der Waals surface area contributed by atoms with Gasteiger partial charge in [-0.05, 0) is 0 Å². The Balaban J connectivity index is 1.28. The predicted molar refractivity (Wildman–Crippen MR) is 150 cm³/mol. The molecule has 6 heterocycles. The van der Waals surface area contributed by atoms with Crippen molar-refractivity contribution in [3.05, 3.63) is 31.5 Å². The molecule has 2 saturated heterocycles. The largest absolute Gasteiger partial charge is 0.558 e. The molecule has 0 spiro atoms. The zero-order valence-corrected chi connectivity index (χ0v) is 26.5. The van der Waals surface area contributed by atoms with Gasteiger partial charge >= 0.3 is 23.5 Å². The number of aliphatic hydroxyl groups is 4. The standard InChI is InChI=1S/C20H26N9O16P3/c21-17-14-19(25-6-23-17)28(7-27-14)20-16(33)15(32)12(41-20)4-39-47(37,43-29-8-26-9-2-22-5-24-18(9)29)45-48(38,44-46(34,35)36)42-13-1-10(31)11(3-30)40-13/h2,5-8,10-13,15-16,20,30-33H,1,3-4H2,(H2,21,23,25)(H2,34,35,36)/t10-,11+,12+,13?,15+,16+,20+,47?,48?/m0/s1. The summed E-state index contributed by atoms with van der Waals surface area (Å²) < 4.78 is 77.1. The van der Waals surface area contributed by atoms with E-state index < -0.39 is 86.1 Å². The lowest BCUT2D eigenvalue weighted by Crippen LogP contribution is -2.34. The van der Waals surface area contributed by atoms with E-state index in [4.69, 9.17) is 33.2 Å². The number of fused-ring (bicyclic) bond motifs is 2. The van der Waals surface area contributed by atoms with Gasteiger partial charge in [0.1, 0.15) is 54.4 Å². The van der Waals surface area contributed by atoms with Crippen LogP contribution >= 0.6 is 23.5 Å². The molecule has 0 amide bonds. The summed E-state index contributed by atoms with van der Waals surface area (Å²) in [5.41, 5.74) is 6.05. The molecule has 8 N–H and O–H groups in total. The first-order valence-electron chi connectivity index (χ1n) is 13.4. The molecule has 25 nitrogen and oxygen atoms in total. The number of anilines is 1. The van der Waals surface area contributed by atoms with Crippen LogP contribution in [0.3, 0.4) is 0 Å². The molecular formula is C20H26N9O16P3. The molecule has 2 aliphatic rings. The van der Waals surface area contributed by atoms with Gasteiger partial charge < -0.3 is 50.0 Å². The zero-order valence-electron chi connectivity index (χ0n) is 23.8. The van der Waals surface area contributed by atoms with Crippen molar-refractivity contribution < 1.29 is 75.7 Å². The molecule has 6 rings (SSSR count). The number of rotatable bonds is 13. The maximum atomic E-state index is 14.1. The minimum absolute atomic E-state index is 0.0211. The second kappa shape index (κ2) is 13.3. The van der Waals surface area contributed by atoms with Gasteiger partial charge in [-0.1, -0.05) is 0 Å². The Labute approximate surface area is 266 Å². The summed E-state index contributed by atoms with van der Waals surface area (Å²) >= 11 is 0. The summed E-state index contributed by atoms with van der Waals surface area (Å²) in [6.45, 7) is -1.70. The topological polar surface area (TPSA) is 350 Å². The van der Waals surface area contributed by atoms with E-state index in [1.165, 1.54) is 17.1 Å². The molecule has 0 saturated carbocycles. The van der Waals surface area contributed by atoms with Crippen molar-refractivity contribution in [3.8, 4) is 0 Å². The molecule has 2 aliphatic heterocycles. The minimum atomic E-state index is -5.78. The monoisotopic (exact) mass is 741 g/mol. The van der Waals surface area contributed by atoms with Crippen molar-refractivity contribution in [3.63, 3.8) is 0 Å². The van der Waals surface area contributed by atoms with Gasteiger partial charge in [0.2, 0.25) is 0 Å². The van der Waals surface area contributed by atoms with Gasteiger partial charge in [-0.25, -0.2) is 43.6 Å². The fourth-order valence-electron chi connectivity index (χ4n) is 4.67. The van der Waals surface area contributed by atoms with E-state index in [-0.39, 0.29) is 28.1 Å². The molecule has 9 atom stereocenters. The van der Waals surface area contributed by atoms with Gasteiger partial charge in [-0.15, -0.1) is 4.73 Å². The second-order valence-corrected chi connectivity index (χ2v) is 14.8. The first kappa shape index (κ1) is 34.8. The molecule has 2 fully saturated rings. The normalized spacial score (nSPS) is 28.9. The molecule has 4 aromatic rings. The summed E-state index contributed by atoms with van der Waals surface area (Å²) in [4.78, 5) is 42.5. The maximum absolute atomic E-state index is 14.1. The molecule has 0 aliphatic carbocycles. The number of nitrogen functional groups attached to an aromatic ring is 1. The van der Waals surface area contributed by atoms with Crippen LogP contribution in [0.5, 0.6) is 0 Å². The van der Waals surface area contributed by atoms with Crippen LogP contribution in [0.1, 0.15) is 12.6 Å². The predicted octanol–water partition coefficient (Wildman–Crippen LogP) is -1.86. The Kier molecular flexibility index (Phi) is 9.65. The fourth-order valence-corrected chi connectivity index (χ4v) is 8.83. The number of hydrogen-bond acceptors (Lipinski definition) is 21. The third-order valence-electron chi connectivity index (χ3n) is 6.79. The molecular weight excluding hydrogens is 715 g/mol. The van der Waals surface area contributed by atoms with E-state index in [1.54, 1.807) is 0 Å². The molecule has 48 heavy (non-hydrogen) atoms. The van der Waals surface area contributed by atoms with Crippen LogP contribution in [0.15, 0.2) is 31.5 Å². The van der Waals surface area contributed by atoms with E-state index in [0.29, 0.717) is 4.73 Å². The number of aliphatic hydroxyl groups excluding tert-OH is 4. The van der Waals surface area contributed by atoms with Crippen LogP contribution in [0.2, 0.25) is 0 Å². The van der Waals surface area contributed by atoms with Crippen LogP contribution in [0.4, 0.5) is 5.82 Å². The minimum Gasteiger partial charge on any atom is -0.394 e. The number of ether oxygens (including phenoxy) is 2. The first-order chi connectivity index (χ1) is 22.7. The van der Waals surface area contributed by atoms with E-state index in [2.05, 4.69) is 34.2 Å². The number of imidazole rings is 2. The van der Waals surface area contributed by atoms with Gasteiger partial charge in [0.05, 0.1) is 31.8 Å². The van der Waals surface area contributed by atoms with Crippen molar-refractivity contribution in [1.82, 2.24) is 39.2 Å². The Morgan fingerprint density at radius 3 is 2.42 bits per heavy atom. The van der Waals surface area contributed by atoms with Gasteiger partial charge in [-0.2, -0.15) is 8.62 Å². The lowest BCUT2D eigenvalue weighted by atomic mass is 10.1. The second-order valence-electron chi connectivity index (χ2n) is 10.1. The molecule has 4 aromatic heterocycles. The number of nitrogens with zero attached hydrogens (tertiary/aromatic N) is 8. The van der Waals surface area contributed by atoms with E-state index in [1.807, 2.05) is 0 Å². The molecule has 0 bridgehead atoms. The Hall–Kier alpha value is -3.09. The maximum Gasteiger partial charge on any atom is 0.558 e. The smallest absolute Gasteiger partial charge is 0.394 e. The highest BCUT2D eigenvalue weighted by atomic mass is 31.3. The molecule has 0 aromatic carbocycles. The molecule has 262 valence electrons. The van der Waals surface area contributed by atoms with Gasteiger partial charge in [0, 0.05) is 6.42 Å². The van der Waals surface area contributed by atoms with E-state index in [0.717, 1.165) is 19.0 Å². The molecule has 28 heteroatoms.